The lowest BCUT2D eigenvalue weighted by Gasteiger charge is -2.22. The van der Waals surface area contributed by atoms with E-state index < -0.39 is 0 Å². The highest BCUT2D eigenvalue weighted by Gasteiger charge is 2.24. The van der Waals surface area contributed by atoms with E-state index in [0.717, 1.165) is 12.8 Å². The second kappa shape index (κ2) is 5.74. The van der Waals surface area contributed by atoms with Crippen LogP contribution in [0.1, 0.15) is 43.6 Å². The molecule has 0 saturated heterocycles. The van der Waals surface area contributed by atoms with Crippen LogP contribution in [-0.4, -0.2) is 17.5 Å². The van der Waals surface area contributed by atoms with E-state index in [4.69, 9.17) is 0 Å². The highest BCUT2D eigenvalue weighted by Crippen LogP contribution is 2.36. The van der Waals surface area contributed by atoms with Crippen molar-refractivity contribution in [1.29, 1.82) is 0 Å². The number of aliphatic hydroxyl groups excluding tert-OH is 1. The van der Waals surface area contributed by atoms with Gasteiger partial charge in [-0.25, -0.2) is 0 Å². The molecule has 0 heterocycles. The van der Waals surface area contributed by atoms with Crippen LogP contribution in [-0.2, 0) is 0 Å². The molecule has 0 amide bonds. The van der Waals surface area contributed by atoms with E-state index in [1.165, 1.54) is 29.7 Å². The van der Waals surface area contributed by atoms with Crippen LogP contribution in [0.4, 0.5) is 0 Å². The van der Waals surface area contributed by atoms with Crippen molar-refractivity contribution in [1.82, 2.24) is 0 Å². The summed E-state index contributed by atoms with van der Waals surface area (Å²) in [5.74, 6) is 0.353. The van der Waals surface area contributed by atoms with E-state index in [-0.39, 0.29) is 6.10 Å². The van der Waals surface area contributed by atoms with Crippen molar-refractivity contribution >= 4 is 11.8 Å². The first-order valence-corrected chi connectivity index (χ1v) is 7.36. The second-order valence-corrected chi connectivity index (χ2v) is 5.40. The third-order valence-corrected chi connectivity index (χ3v) is 4.33. The molecule has 1 nitrogen and oxygen atoms in total. The average Bonchev–Trinajstić information content (AvgIpc) is 2.54. The molecule has 2 rings (SSSR count). The van der Waals surface area contributed by atoms with Crippen molar-refractivity contribution in [2.45, 2.75) is 49.0 Å². The zero-order valence-electron chi connectivity index (χ0n) is 9.86. The quantitative estimate of drug-likeness (QED) is 0.622. The molecule has 16 heavy (non-hydrogen) atoms. The third-order valence-electron chi connectivity index (χ3n) is 3.52. The molecular formula is C14H20OS. The van der Waals surface area contributed by atoms with Crippen LogP contribution in [0.2, 0.25) is 0 Å². The van der Waals surface area contributed by atoms with Crippen LogP contribution in [0, 0.1) is 0 Å². The Kier molecular flexibility index (Phi) is 4.30. The molecule has 0 bridgehead atoms. The van der Waals surface area contributed by atoms with Gasteiger partial charge in [0.2, 0.25) is 0 Å². The summed E-state index contributed by atoms with van der Waals surface area (Å²) in [7, 11) is 0. The van der Waals surface area contributed by atoms with Gasteiger partial charge in [0.05, 0.1) is 6.10 Å². The van der Waals surface area contributed by atoms with Crippen LogP contribution < -0.4 is 0 Å². The van der Waals surface area contributed by atoms with Gasteiger partial charge in [-0.05, 0) is 30.7 Å². The zero-order chi connectivity index (χ0) is 11.4. The van der Waals surface area contributed by atoms with Crippen molar-refractivity contribution in [3.63, 3.8) is 0 Å². The lowest BCUT2D eigenvalue weighted by Crippen LogP contribution is -2.17. The number of benzene rings is 1. The van der Waals surface area contributed by atoms with Gasteiger partial charge in [-0.3, -0.25) is 0 Å². The Bertz CT molecular complexity index is 337. The highest BCUT2D eigenvalue weighted by molar-refractivity contribution is 7.98. The molecule has 88 valence electrons. The van der Waals surface area contributed by atoms with E-state index in [9.17, 15) is 5.11 Å². The summed E-state index contributed by atoms with van der Waals surface area (Å²) < 4.78 is 0. The predicted octanol–water partition coefficient (Wildman–Crippen LogP) is 3.82. The molecule has 0 spiro atoms. The minimum absolute atomic E-state index is 0.143. The molecular weight excluding hydrogens is 216 g/mol. The third kappa shape index (κ3) is 2.61. The minimum Gasteiger partial charge on any atom is -0.392 e. The smallest absolute Gasteiger partial charge is 0.0609 e. The molecule has 0 radical (unpaired) electrons. The average molecular weight is 236 g/mol. The van der Waals surface area contributed by atoms with E-state index in [2.05, 4.69) is 30.5 Å². The lowest BCUT2D eigenvalue weighted by atomic mass is 9.89. The Hall–Kier alpha value is -0.470. The van der Waals surface area contributed by atoms with Crippen molar-refractivity contribution in [3.8, 4) is 0 Å². The number of hydrogen-bond acceptors (Lipinski definition) is 2. The van der Waals surface area contributed by atoms with E-state index in [0.29, 0.717) is 5.92 Å². The Labute approximate surface area is 102 Å². The maximum absolute atomic E-state index is 10.2. The molecule has 1 N–H and O–H groups in total. The molecule has 0 unspecified atom stereocenters. The van der Waals surface area contributed by atoms with Crippen LogP contribution >= 0.6 is 11.8 Å². The Morgan fingerprint density at radius 2 is 1.88 bits per heavy atom. The molecule has 1 aromatic carbocycles. The number of rotatable bonds is 2. The van der Waals surface area contributed by atoms with Gasteiger partial charge in [0.25, 0.3) is 0 Å². The fraction of sp³-hybridized carbons (Fsp3) is 0.571. The second-order valence-electron chi connectivity index (χ2n) is 4.55. The summed E-state index contributed by atoms with van der Waals surface area (Å²) in [6.07, 6.45) is 7.78. The van der Waals surface area contributed by atoms with Gasteiger partial charge >= 0.3 is 0 Å². The van der Waals surface area contributed by atoms with Crippen molar-refractivity contribution in [2.24, 2.45) is 0 Å². The summed E-state index contributed by atoms with van der Waals surface area (Å²) in [4.78, 5) is 1.33. The van der Waals surface area contributed by atoms with E-state index in [1.54, 1.807) is 11.8 Å². The van der Waals surface area contributed by atoms with Gasteiger partial charge in [0.1, 0.15) is 0 Å². The lowest BCUT2D eigenvalue weighted by molar-refractivity contribution is 0.134. The molecule has 2 atom stereocenters. The maximum atomic E-state index is 10.2. The van der Waals surface area contributed by atoms with E-state index >= 15 is 0 Å². The molecule has 0 aromatic heterocycles. The van der Waals surface area contributed by atoms with E-state index in [1.807, 2.05) is 0 Å². The Morgan fingerprint density at radius 1 is 1.12 bits per heavy atom. The van der Waals surface area contributed by atoms with Gasteiger partial charge in [-0.2, -0.15) is 0 Å². The zero-order valence-corrected chi connectivity index (χ0v) is 10.7. The number of hydrogen-bond donors (Lipinski definition) is 1. The normalized spacial score (nSPS) is 26.4. The van der Waals surface area contributed by atoms with Crippen LogP contribution in [0.15, 0.2) is 29.2 Å². The summed E-state index contributed by atoms with van der Waals surface area (Å²) in [6.45, 7) is 0. The van der Waals surface area contributed by atoms with Gasteiger partial charge in [-0.15, -0.1) is 11.8 Å². The SMILES string of the molecule is CSc1ccccc1[C@@H]1CCCCC[C@H]1O. The van der Waals surface area contributed by atoms with Gasteiger partial charge in [0, 0.05) is 10.8 Å². The van der Waals surface area contributed by atoms with Gasteiger partial charge in [-0.1, -0.05) is 37.5 Å². The van der Waals surface area contributed by atoms with Gasteiger partial charge < -0.3 is 5.11 Å². The molecule has 0 aliphatic heterocycles. The minimum atomic E-state index is -0.143. The largest absolute Gasteiger partial charge is 0.392 e. The number of thioether (sulfide) groups is 1. The molecule has 2 heteroatoms. The summed E-state index contributed by atoms with van der Waals surface area (Å²) in [6, 6.07) is 8.52. The van der Waals surface area contributed by atoms with Crippen molar-refractivity contribution in [2.75, 3.05) is 6.26 Å². The Balaban J connectivity index is 2.26. The summed E-state index contributed by atoms with van der Waals surface area (Å²) in [5.41, 5.74) is 1.35. The highest BCUT2D eigenvalue weighted by atomic mass is 32.2. The molecule has 1 aliphatic rings. The van der Waals surface area contributed by atoms with Crippen LogP contribution in [0.3, 0.4) is 0 Å². The first-order valence-electron chi connectivity index (χ1n) is 6.14. The van der Waals surface area contributed by atoms with Gasteiger partial charge in [0.15, 0.2) is 0 Å². The molecule has 1 fully saturated rings. The summed E-state index contributed by atoms with van der Waals surface area (Å²) in [5, 5.41) is 10.2. The molecule has 1 aliphatic carbocycles. The standard InChI is InChI=1S/C14H20OS/c1-16-14-10-6-5-8-12(14)11-7-3-2-4-9-13(11)15/h5-6,8,10-11,13,15H,2-4,7,9H2,1H3/t11-,13+/m0/s1. The summed E-state index contributed by atoms with van der Waals surface area (Å²) >= 11 is 1.79. The maximum Gasteiger partial charge on any atom is 0.0609 e. The van der Waals surface area contributed by atoms with Crippen LogP contribution in [0.25, 0.3) is 0 Å². The van der Waals surface area contributed by atoms with Crippen molar-refractivity contribution < 1.29 is 5.11 Å². The first-order chi connectivity index (χ1) is 7.83. The molecule has 1 saturated carbocycles. The topological polar surface area (TPSA) is 20.2 Å². The van der Waals surface area contributed by atoms with Crippen LogP contribution in [0.5, 0.6) is 0 Å². The molecule has 1 aromatic rings. The fourth-order valence-corrected chi connectivity index (χ4v) is 3.29. The number of aliphatic hydroxyl groups is 1. The monoisotopic (exact) mass is 236 g/mol. The van der Waals surface area contributed by atoms with Crippen molar-refractivity contribution in [3.05, 3.63) is 29.8 Å². The fourth-order valence-electron chi connectivity index (χ4n) is 2.62. The predicted molar refractivity (Wildman–Crippen MR) is 70.1 cm³/mol. The first kappa shape index (κ1) is 12.0. The Morgan fingerprint density at radius 3 is 2.69 bits per heavy atom.